The van der Waals surface area contributed by atoms with Crippen molar-refractivity contribution in [1.29, 1.82) is 0 Å². The lowest BCUT2D eigenvalue weighted by molar-refractivity contribution is 0.0510. The number of ether oxygens (including phenoxy) is 2. The Hall–Kier alpha value is -1.89. The van der Waals surface area contributed by atoms with Gasteiger partial charge in [0.1, 0.15) is 5.75 Å². The van der Waals surface area contributed by atoms with Crippen molar-refractivity contribution in [3.63, 3.8) is 0 Å². The third kappa shape index (κ3) is 3.92. The Labute approximate surface area is 155 Å². The first-order chi connectivity index (χ1) is 12.7. The van der Waals surface area contributed by atoms with Crippen molar-refractivity contribution < 1.29 is 9.47 Å². The summed E-state index contributed by atoms with van der Waals surface area (Å²) < 4.78 is 13.6. The lowest BCUT2D eigenvalue weighted by atomic mass is 10.1. The average molecular weight is 356 g/mol. The summed E-state index contributed by atoms with van der Waals surface area (Å²) in [4.78, 5) is 5.01. The zero-order valence-electron chi connectivity index (χ0n) is 15.7. The van der Waals surface area contributed by atoms with Crippen LogP contribution in [-0.2, 0) is 24.9 Å². The smallest absolute Gasteiger partial charge is 0.123 e. The third-order valence-electron chi connectivity index (χ3n) is 5.44. The second-order valence-electron chi connectivity index (χ2n) is 7.43. The maximum absolute atomic E-state index is 6.19. The Morgan fingerprint density at radius 1 is 1.15 bits per heavy atom. The fraction of sp³-hybridized carbons (Fsp3) is 0.550. The van der Waals surface area contributed by atoms with Crippen LogP contribution in [0.2, 0.25) is 0 Å². The summed E-state index contributed by atoms with van der Waals surface area (Å²) in [5.41, 5.74) is 2.52. The first-order valence-corrected chi connectivity index (χ1v) is 9.37. The molecule has 140 valence electrons. The number of fused-ring (bicyclic) bond motifs is 1. The molecule has 6 heteroatoms. The Morgan fingerprint density at radius 3 is 2.81 bits per heavy atom. The van der Waals surface area contributed by atoms with Crippen LogP contribution >= 0.6 is 0 Å². The van der Waals surface area contributed by atoms with Crippen molar-refractivity contribution in [3.05, 3.63) is 47.8 Å². The first kappa shape index (κ1) is 17.5. The number of aryl methyl sites for hydroxylation is 1. The Balaban J connectivity index is 1.38. The van der Waals surface area contributed by atoms with Gasteiger partial charge in [0.05, 0.1) is 26.0 Å². The Bertz CT molecular complexity index is 732. The Morgan fingerprint density at radius 2 is 2.00 bits per heavy atom. The minimum absolute atomic E-state index is 0.337. The quantitative estimate of drug-likeness (QED) is 0.817. The van der Waals surface area contributed by atoms with E-state index in [1.54, 1.807) is 7.11 Å². The number of nitrogens with zero attached hydrogens (tertiary/aromatic N) is 4. The molecule has 0 bridgehead atoms. The van der Waals surface area contributed by atoms with Gasteiger partial charge in [0.25, 0.3) is 0 Å². The standard InChI is InChI=1S/C20H28N4O2/c1-22-10-16(9-21-22)11-23-7-8-26-20-15-24(14-18(20)13-23)12-17-5-3-4-6-19(17)25-2/h3-6,9-10,18,20H,7-8,11-15H2,1-2H3/t18-,20+/m1/s1. The van der Waals surface area contributed by atoms with E-state index in [1.807, 2.05) is 30.1 Å². The van der Waals surface area contributed by atoms with Crippen LogP contribution in [-0.4, -0.2) is 65.6 Å². The summed E-state index contributed by atoms with van der Waals surface area (Å²) in [5, 5.41) is 4.29. The second kappa shape index (κ2) is 7.78. The molecule has 2 aromatic rings. The molecule has 1 aromatic heterocycles. The van der Waals surface area contributed by atoms with E-state index in [-0.39, 0.29) is 0 Å². The van der Waals surface area contributed by atoms with E-state index in [0.717, 1.165) is 51.6 Å². The third-order valence-corrected chi connectivity index (χ3v) is 5.44. The van der Waals surface area contributed by atoms with Crippen LogP contribution in [0.4, 0.5) is 0 Å². The van der Waals surface area contributed by atoms with E-state index in [2.05, 4.69) is 33.2 Å². The topological polar surface area (TPSA) is 42.8 Å². The van der Waals surface area contributed by atoms with Crippen molar-refractivity contribution in [3.8, 4) is 5.75 Å². The number of para-hydroxylation sites is 1. The van der Waals surface area contributed by atoms with Gasteiger partial charge < -0.3 is 9.47 Å². The van der Waals surface area contributed by atoms with Crippen molar-refractivity contribution in [2.24, 2.45) is 13.0 Å². The highest BCUT2D eigenvalue weighted by Gasteiger charge is 2.36. The maximum atomic E-state index is 6.19. The summed E-state index contributed by atoms with van der Waals surface area (Å²) in [6.45, 7) is 6.84. The molecule has 2 saturated heterocycles. The molecule has 4 rings (SSSR count). The van der Waals surface area contributed by atoms with Gasteiger partial charge in [-0.25, -0.2) is 0 Å². The van der Waals surface area contributed by atoms with E-state index >= 15 is 0 Å². The van der Waals surface area contributed by atoms with Crippen LogP contribution in [0, 0.1) is 5.92 Å². The highest BCUT2D eigenvalue weighted by Crippen LogP contribution is 2.27. The molecule has 2 aliphatic rings. The number of hydrogen-bond donors (Lipinski definition) is 0. The zero-order chi connectivity index (χ0) is 17.9. The van der Waals surface area contributed by atoms with Crippen LogP contribution < -0.4 is 4.74 Å². The molecule has 6 nitrogen and oxygen atoms in total. The molecule has 0 aliphatic carbocycles. The molecule has 26 heavy (non-hydrogen) atoms. The van der Waals surface area contributed by atoms with Crippen LogP contribution in [0.15, 0.2) is 36.7 Å². The van der Waals surface area contributed by atoms with Crippen LogP contribution in [0.25, 0.3) is 0 Å². The zero-order valence-corrected chi connectivity index (χ0v) is 15.7. The van der Waals surface area contributed by atoms with Gasteiger partial charge in [0, 0.05) is 69.6 Å². The van der Waals surface area contributed by atoms with Gasteiger partial charge in [-0.1, -0.05) is 18.2 Å². The predicted molar refractivity (Wildman–Crippen MR) is 100.0 cm³/mol. The Kier molecular flexibility index (Phi) is 5.24. The molecule has 2 atom stereocenters. The average Bonchev–Trinajstić information content (AvgIpc) is 3.16. The largest absolute Gasteiger partial charge is 0.496 e. The maximum Gasteiger partial charge on any atom is 0.123 e. The van der Waals surface area contributed by atoms with E-state index < -0.39 is 0 Å². The van der Waals surface area contributed by atoms with E-state index in [9.17, 15) is 0 Å². The van der Waals surface area contributed by atoms with Gasteiger partial charge in [-0.05, 0) is 6.07 Å². The van der Waals surface area contributed by atoms with Gasteiger partial charge in [-0.3, -0.25) is 14.5 Å². The second-order valence-corrected chi connectivity index (χ2v) is 7.43. The van der Waals surface area contributed by atoms with Crippen molar-refractivity contribution in [1.82, 2.24) is 19.6 Å². The van der Waals surface area contributed by atoms with Gasteiger partial charge in [0.15, 0.2) is 0 Å². The van der Waals surface area contributed by atoms with Crippen molar-refractivity contribution in [2.45, 2.75) is 19.2 Å². The SMILES string of the molecule is COc1ccccc1CN1C[C@H]2CN(Cc3cnn(C)c3)CCO[C@H]2C1. The van der Waals surface area contributed by atoms with Crippen molar-refractivity contribution >= 4 is 0 Å². The van der Waals surface area contributed by atoms with Crippen LogP contribution in [0.5, 0.6) is 5.75 Å². The summed E-state index contributed by atoms with van der Waals surface area (Å²) in [6.07, 6.45) is 4.40. The van der Waals surface area contributed by atoms with Gasteiger partial charge >= 0.3 is 0 Å². The number of benzene rings is 1. The minimum atomic E-state index is 0.337. The molecule has 0 amide bonds. The van der Waals surface area contributed by atoms with Crippen LogP contribution in [0.1, 0.15) is 11.1 Å². The molecular formula is C20H28N4O2. The fourth-order valence-corrected chi connectivity index (χ4v) is 4.21. The van der Waals surface area contributed by atoms with Gasteiger partial charge in [-0.15, -0.1) is 0 Å². The number of aromatic nitrogens is 2. The lowest BCUT2D eigenvalue weighted by Crippen LogP contribution is -2.32. The molecule has 0 N–H and O–H groups in total. The summed E-state index contributed by atoms with van der Waals surface area (Å²) >= 11 is 0. The minimum Gasteiger partial charge on any atom is -0.496 e. The van der Waals surface area contributed by atoms with Crippen LogP contribution in [0.3, 0.4) is 0 Å². The molecular weight excluding hydrogens is 328 g/mol. The molecule has 0 radical (unpaired) electrons. The molecule has 0 saturated carbocycles. The lowest BCUT2D eigenvalue weighted by Gasteiger charge is -2.23. The predicted octanol–water partition coefficient (Wildman–Crippen LogP) is 1.76. The summed E-state index contributed by atoms with van der Waals surface area (Å²) in [6, 6.07) is 8.30. The molecule has 0 unspecified atom stereocenters. The normalized spacial score (nSPS) is 24.4. The fourth-order valence-electron chi connectivity index (χ4n) is 4.21. The van der Waals surface area contributed by atoms with E-state index in [4.69, 9.17) is 9.47 Å². The molecule has 3 heterocycles. The summed E-state index contributed by atoms with van der Waals surface area (Å²) in [5.74, 6) is 1.53. The van der Waals surface area contributed by atoms with Crippen molar-refractivity contribution in [2.75, 3.05) is 39.9 Å². The van der Waals surface area contributed by atoms with Gasteiger partial charge in [0.2, 0.25) is 0 Å². The molecule has 0 spiro atoms. The molecule has 2 aliphatic heterocycles. The van der Waals surface area contributed by atoms with E-state index in [1.165, 1.54) is 11.1 Å². The first-order valence-electron chi connectivity index (χ1n) is 9.37. The van der Waals surface area contributed by atoms with Gasteiger partial charge in [-0.2, -0.15) is 5.10 Å². The number of methoxy groups -OCH3 is 1. The number of hydrogen-bond acceptors (Lipinski definition) is 5. The number of rotatable bonds is 5. The monoisotopic (exact) mass is 356 g/mol. The highest BCUT2D eigenvalue weighted by molar-refractivity contribution is 5.33. The molecule has 2 fully saturated rings. The highest BCUT2D eigenvalue weighted by atomic mass is 16.5. The summed E-state index contributed by atoms with van der Waals surface area (Å²) in [7, 11) is 3.71. The number of likely N-dealkylation sites (tertiary alicyclic amines) is 1. The van der Waals surface area contributed by atoms with E-state index in [0.29, 0.717) is 12.0 Å². The molecule has 1 aromatic carbocycles.